The van der Waals surface area contributed by atoms with Crippen LogP contribution in [0.25, 0.3) is 0 Å². The van der Waals surface area contributed by atoms with Gasteiger partial charge in [0.15, 0.2) is 6.10 Å². The lowest BCUT2D eigenvalue weighted by Crippen LogP contribution is -2.34. The van der Waals surface area contributed by atoms with E-state index in [2.05, 4.69) is 17.4 Å². The SMILES string of the molecule is CC1Oc2ccc(C3CCC(N)CC3)cc2NC1=O. The predicted octanol–water partition coefficient (Wildman–Crippen LogP) is 2.39. The zero-order valence-electron chi connectivity index (χ0n) is 11.2. The molecule has 1 heterocycles. The summed E-state index contributed by atoms with van der Waals surface area (Å²) >= 11 is 0. The van der Waals surface area contributed by atoms with Crippen molar-refractivity contribution >= 4 is 11.6 Å². The van der Waals surface area contributed by atoms with E-state index in [0.717, 1.165) is 37.1 Å². The standard InChI is InChI=1S/C15H20N2O2/c1-9-15(18)17-13-8-11(4-7-14(13)19-9)10-2-5-12(16)6-3-10/h4,7-10,12H,2-3,5-6,16H2,1H3,(H,17,18). The molecule has 1 aromatic rings. The molecule has 1 aromatic carbocycles. The molecule has 1 aliphatic carbocycles. The molecule has 1 atom stereocenters. The minimum Gasteiger partial charge on any atom is -0.479 e. The maximum Gasteiger partial charge on any atom is 0.265 e. The highest BCUT2D eigenvalue weighted by Gasteiger charge is 2.25. The zero-order valence-corrected chi connectivity index (χ0v) is 11.2. The first-order valence-corrected chi connectivity index (χ1v) is 7.00. The van der Waals surface area contributed by atoms with Crippen molar-refractivity contribution in [2.75, 3.05) is 5.32 Å². The van der Waals surface area contributed by atoms with Crippen LogP contribution in [-0.2, 0) is 4.79 Å². The summed E-state index contributed by atoms with van der Waals surface area (Å²) in [6.45, 7) is 1.76. The fourth-order valence-corrected chi connectivity index (χ4v) is 2.93. The molecule has 102 valence electrons. The van der Waals surface area contributed by atoms with Crippen LogP contribution in [0.4, 0.5) is 5.69 Å². The summed E-state index contributed by atoms with van der Waals surface area (Å²) in [6.07, 6.45) is 4.02. The second kappa shape index (κ2) is 4.85. The van der Waals surface area contributed by atoms with Gasteiger partial charge in [0.25, 0.3) is 5.91 Å². The first kappa shape index (κ1) is 12.5. The molecule has 0 saturated heterocycles. The van der Waals surface area contributed by atoms with Gasteiger partial charge in [0.05, 0.1) is 5.69 Å². The molecular weight excluding hydrogens is 240 g/mol. The average molecular weight is 260 g/mol. The molecule has 1 fully saturated rings. The second-order valence-corrected chi connectivity index (χ2v) is 5.62. The van der Waals surface area contributed by atoms with Crippen molar-refractivity contribution in [2.24, 2.45) is 5.73 Å². The van der Waals surface area contributed by atoms with E-state index >= 15 is 0 Å². The minimum absolute atomic E-state index is 0.0738. The quantitative estimate of drug-likeness (QED) is 0.815. The minimum atomic E-state index is -0.411. The topological polar surface area (TPSA) is 64.3 Å². The Morgan fingerprint density at radius 1 is 1.26 bits per heavy atom. The fraction of sp³-hybridized carbons (Fsp3) is 0.533. The number of ether oxygens (including phenoxy) is 1. The molecule has 1 unspecified atom stereocenters. The summed E-state index contributed by atoms with van der Waals surface area (Å²) in [5.74, 6) is 1.25. The van der Waals surface area contributed by atoms with Gasteiger partial charge in [-0.15, -0.1) is 0 Å². The lowest BCUT2D eigenvalue weighted by Gasteiger charge is -2.28. The van der Waals surface area contributed by atoms with Crippen molar-refractivity contribution in [3.63, 3.8) is 0 Å². The van der Waals surface area contributed by atoms with Crippen molar-refractivity contribution in [3.8, 4) is 5.75 Å². The lowest BCUT2D eigenvalue weighted by atomic mass is 9.82. The number of rotatable bonds is 1. The smallest absolute Gasteiger partial charge is 0.265 e. The molecule has 0 bridgehead atoms. The maximum absolute atomic E-state index is 11.6. The van der Waals surface area contributed by atoms with E-state index in [9.17, 15) is 4.79 Å². The molecule has 3 rings (SSSR count). The Morgan fingerprint density at radius 3 is 2.74 bits per heavy atom. The molecule has 0 spiro atoms. The summed E-state index contributed by atoms with van der Waals surface area (Å²) in [7, 11) is 0. The van der Waals surface area contributed by atoms with Crippen LogP contribution in [-0.4, -0.2) is 18.1 Å². The fourth-order valence-electron chi connectivity index (χ4n) is 2.93. The van der Waals surface area contributed by atoms with Gasteiger partial charge in [0, 0.05) is 6.04 Å². The van der Waals surface area contributed by atoms with Gasteiger partial charge in [-0.2, -0.15) is 0 Å². The van der Waals surface area contributed by atoms with Crippen LogP contribution in [0.2, 0.25) is 0 Å². The Labute approximate surface area is 113 Å². The van der Waals surface area contributed by atoms with Crippen LogP contribution in [0.3, 0.4) is 0 Å². The monoisotopic (exact) mass is 260 g/mol. The third-order valence-corrected chi connectivity index (χ3v) is 4.18. The number of fused-ring (bicyclic) bond motifs is 1. The number of anilines is 1. The Bertz CT molecular complexity index is 493. The van der Waals surface area contributed by atoms with Gasteiger partial charge in [-0.25, -0.2) is 0 Å². The van der Waals surface area contributed by atoms with Crippen LogP contribution >= 0.6 is 0 Å². The van der Waals surface area contributed by atoms with E-state index in [1.807, 2.05) is 6.07 Å². The van der Waals surface area contributed by atoms with Crippen molar-refractivity contribution in [3.05, 3.63) is 23.8 Å². The van der Waals surface area contributed by atoms with Crippen molar-refractivity contribution in [1.29, 1.82) is 0 Å². The Morgan fingerprint density at radius 2 is 2.00 bits per heavy atom. The molecule has 1 aliphatic heterocycles. The Balaban J connectivity index is 1.81. The number of carbonyl (C=O) groups excluding carboxylic acids is 1. The van der Waals surface area contributed by atoms with Crippen LogP contribution < -0.4 is 15.8 Å². The number of benzene rings is 1. The maximum atomic E-state index is 11.6. The molecule has 19 heavy (non-hydrogen) atoms. The van der Waals surface area contributed by atoms with Gasteiger partial charge in [0.1, 0.15) is 5.75 Å². The van der Waals surface area contributed by atoms with Gasteiger partial charge >= 0.3 is 0 Å². The number of amides is 1. The average Bonchev–Trinajstić information content (AvgIpc) is 2.40. The molecule has 0 aromatic heterocycles. The first-order valence-electron chi connectivity index (χ1n) is 7.00. The third kappa shape index (κ3) is 2.45. The predicted molar refractivity (Wildman–Crippen MR) is 74.3 cm³/mol. The van der Waals surface area contributed by atoms with E-state index in [1.54, 1.807) is 6.92 Å². The van der Waals surface area contributed by atoms with Gasteiger partial charge in [-0.1, -0.05) is 6.07 Å². The number of hydrogen-bond donors (Lipinski definition) is 2. The molecule has 4 nitrogen and oxygen atoms in total. The van der Waals surface area contributed by atoms with E-state index in [1.165, 1.54) is 5.56 Å². The van der Waals surface area contributed by atoms with E-state index < -0.39 is 6.10 Å². The molecule has 1 amide bonds. The van der Waals surface area contributed by atoms with Crippen molar-refractivity contribution < 1.29 is 9.53 Å². The van der Waals surface area contributed by atoms with E-state index in [0.29, 0.717) is 12.0 Å². The summed E-state index contributed by atoms with van der Waals surface area (Å²) in [5.41, 5.74) is 8.03. The largest absolute Gasteiger partial charge is 0.479 e. The van der Waals surface area contributed by atoms with E-state index in [-0.39, 0.29) is 5.91 Å². The molecule has 2 aliphatic rings. The van der Waals surface area contributed by atoms with Crippen LogP contribution in [0, 0.1) is 0 Å². The summed E-state index contributed by atoms with van der Waals surface area (Å²) < 4.78 is 5.57. The zero-order chi connectivity index (χ0) is 13.4. The first-order chi connectivity index (χ1) is 9.13. The highest BCUT2D eigenvalue weighted by Crippen LogP contribution is 2.37. The van der Waals surface area contributed by atoms with E-state index in [4.69, 9.17) is 10.5 Å². The van der Waals surface area contributed by atoms with Crippen molar-refractivity contribution in [2.45, 2.75) is 50.7 Å². The highest BCUT2D eigenvalue weighted by atomic mass is 16.5. The van der Waals surface area contributed by atoms with Crippen LogP contribution in [0.5, 0.6) is 5.75 Å². The number of carbonyl (C=O) groups is 1. The molecule has 0 radical (unpaired) electrons. The number of nitrogens with two attached hydrogens (primary N) is 1. The normalized spacial score (nSPS) is 30.2. The highest BCUT2D eigenvalue weighted by molar-refractivity contribution is 5.97. The van der Waals surface area contributed by atoms with Crippen molar-refractivity contribution in [1.82, 2.24) is 0 Å². The third-order valence-electron chi connectivity index (χ3n) is 4.18. The second-order valence-electron chi connectivity index (χ2n) is 5.62. The number of nitrogens with one attached hydrogen (secondary N) is 1. The molecule has 4 heteroatoms. The van der Waals surface area contributed by atoms with Gasteiger partial charge in [-0.3, -0.25) is 4.79 Å². The van der Waals surface area contributed by atoms with Gasteiger partial charge in [-0.05, 0) is 56.2 Å². The summed E-state index contributed by atoms with van der Waals surface area (Å²) in [5, 5.41) is 2.91. The lowest BCUT2D eigenvalue weighted by molar-refractivity contribution is -0.122. The summed E-state index contributed by atoms with van der Waals surface area (Å²) in [6, 6.07) is 6.50. The molecular formula is C15H20N2O2. The van der Waals surface area contributed by atoms with Crippen LogP contribution in [0.1, 0.15) is 44.1 Å². The van der Waals surface area contributed by atoms with Crippen LogP contribution in [0.15, 0.2) is 18.2 Å². The van der Waals surface area contributed by atoms with Gasteiger partial charge < -0.3 is 15.8 Å². The Kier molecular flexibility index (Phi) is 3.19. The molecule has 1 saturated carbocycles. The number of hydrogen-bond acceptors (Lipinski definition) is 3. The Hall–Kier alpha value is -1.55. The van der Waals surface area contributed by atoms with Gasteiger partial charge in [0.2, 0.25) is 0 Å². The summed E-state index contributed by atoms with van der Waals surface area (Å²) in [4.78, 5) is 11.6. The molecule has 3 N–H and O–H groups in total.